The SMILES string of the molecule is CCCOC(=O)c1ccc(NC(C)c2ccsc2)cc1. The average molecular weight is 289 g/mol. The molecule has 1 unspecified atom stereocenters. The Morgan fingerprint density at radius 1 is 1.30 bits per heavy atom. The molecule has 1 heterocycles. The van der Waals surface area contributed by atoms with E-state index in [-0.39, 0.29) is 12.0 Å². The van der Waals surface area contributed by atoms with Gasteiger partial charge in [0.05, 0.1) is 12.2 Å². The van der Waals surface area contributed by atoms with Crippen LogP contribution in [0.15, 0.2) is 41.1 Å². The fraction of sp³-hybridized carbons (Fsp3) is 0.312. The van der Waals surface area contributed by atoms with E-state index < -0.39 is 0 Å². The number of carbonyl (C=O) groups is 1. The van der Waals surface area contributed by atoms with Gasteiger partial charge in [0.15, 0.2) is 0 Å². The lowest BCUT2D eigenvalue weighted by Gasteiger charge is -2.14. The van der Waals surface area contributed by atoms with Gasteiger partial charge < -0.3 is 10.1 Å². The van der Waals surface area contributed by atoms with Gasteiger partial charge in [0.25, 0.3) is 0 Å². The van der Waals surface area contributed by atoms with E-state index in [2.05, 4.69) is 29.1 Å². The van der Waals surface area contributed by atoms with Gasteiger partial charge in [-0.05, 0) is 60.0 Å². The number of carbonyl (C=O) groups excluding carboxylic acids is 1. The number of benzene rings is 1. The first-order valence-corrected chi connectivity index (χ1v) is 7.70. The first-order chi connectivity index (χ1) is 9.70. The Hall–Kier alpha value is -1.81. The van der Waals surface area contributed by atoms with Crippen LogP contribution >= 0.6 is 11.3 Å². The lowest BCUT2D eigenvalue weighted by atomic mass is 10.1. The average Bonchev–Trinajstić information content (AvgIpc) is 3.00. The minimum absolute atomic E-state index is 0.249. The summed E-state index contributed by atoms with van der Waals surface area (Å²) in [6.07, 6.45) is 0.837. The van der Waals surface area contributed by atoms with Crippen molar-refractivity contribution in [1.82, 2.24) is 0 Å². The summed E-state index contributed by atoms with van der Waals surface area (Å²) < 4.78 is 5.10. The zero-order chi connectivity index (χ0) is 14.4. The Balaban J connectivity index is 1.96. The molecule has 106 valence electrons. The van der Waals surface area contributed by atoms with E-state index in [1.54, 1.807) is 23.5 Å². The Bertz CT molecular complexity index is 534. The summed E-state index contributed by atoms with van der Waals surface area (Å²) in [5.74, 6) is -0.260. The van der Waals surface area contributed by atoms with Crippen LogP contribution in [0, 0.1) is 0 Å². The van der Waals surface area contributed by atoms with Crippen molar-refractivity contribution in [3.63, 3.8) is 0 Å². The van der Waals surface area contributed by atoms with Gasteiger partial charge in [0, 0.05) is 11.7 Å². The minimum atomic E-state index is -0.260. The smallest absolute Gasteiger partial charge is 0.338 e. The van der Waals surface area contributed by atoms with Crippen molar-refractivity contribution in [3.8, 4) is 0 Å². The number of anilines is 1. The summed E-state index contributed by atoms with van der Waals surface area (Å²) in [7, 11) is 0. The van der Waals surface area contributed by atoms with Crippen molar-refractivity contribution >= 4 is 23.0 Å². The Labute approximate surface area is 123 Å². The molecule has 1 aromatic carbocycles. The number of rotatable bonds is 6. The largest absolute Gasteiger partial charge is 0.462 e. The van der Waals surface area contributed by atoms with E-state index in [0.717, 1.165) is 12.1 Å². The third kappa shape index (κ3) is 3.84. The van der Waals surface area contributed by atoms with Crippen LogP contribution in [0.25, 0.3) is 0 Å². The highest BCUT2D eigenvalue weighted by Gasteiger charge is 2.08. The molecule has 0 amide bonds. The fourth-order valence-corrected chi connectivity index (χ4v) is 2.59. The molecule has 0 fully saturated rings. The van der Waals surface area contributed by atoms with E-state index in [1.807, 2.05) is 19.1 Å². The van der Waals surface area contributed by atoms with Crippen LogP contribution in [-0.2, 0) is 4.74 Å². The fourth-order valence-electron chi connectivity index (χ4n) is 1.84. The highest BCUT2D eigenvalue weighted by Crippen LogP contribution is 2.21. The molecule has 0 aliphatic heterocycles. The van der Waals surface area contributed by atoms with Gasteiger partial charge in [0.1, 0.15) is 0 Å². The van der Waals surface area contributed by atoms with E-state index >= 15 is 0 Å². The third-order valence-electron chi connectivity index (χ3n) is 2.98. The normalized spacial score (nSPS) is 11.9. The molecule has 20 heavy (non-hydrogen) atoms. The first kappa shape index (κ1) is 14.6. The molecule has 2 aromatic rings. The molecule has 0 bridgehead atoms. The molecule has 0 spiro atoms. The molecular formula is C16H19NO2S. The summed E-state index contributed by atoms with van der Waals surface area (Å²) in [5.41, 5.74) is 2.85. The third-order valence-corrected chi connectivity index (χ3v) is 3.69. The van der Waals surface area contributed by atoms with Gasteiger partial charge in [0.2, 0.25) is 0 Å². The van der Waals surface area contributed by atoms with Crippen molar-refractivity contribution in [2.24, 2.45) is 0 Å². The molecule has 1 atom stereocenters. The quantitative estimate of drug-likeness (QED) is 0.796. The molecule has 2 rings (SSSR count). The van der Waals surface area contributed by atoms with Crippen LogP contribution in [0.3, 0.4) is 0 Å². The van der Waals surface area contributed by atoms with Crippen LogP contribution in [0.1, 0.15) is 42.2 Å². The molecule has 0 saturated heterocycles. The van der Waals surface area contributed by atoms with Gasteiger partial charge in [-0.1, -0.05) is 6.92 Å². The molecule has 1 N–H and O–H groups in total. The van der Waals surface area contributed by atoms with Crippen LogP contribution in [0.4, 0.5) is 5.69 Å². The van der Waals surface area contributed by atoms with Gasteiger partial charge in [-0.15, -0.1) is 0 Å². The second-order valence-corrected chi connectivity index (χ2v) is 5.42. The maximum Gasteiger partial charge on any atom is 0.338 e. The highest BCUT2D eigenvalue weighted by atomic mass is 32.1. The zero-order valence-corrected chi connectivity index (χ0v) is 12.6. The van der Waals surface area contributed by atoms with E-state index in [1.165, 1.54) is 5.56 Å². The van der Waals surface area contributed by atoms with Crippen molar-refractivity contribution < 1.29 is 9.53 Å². The number of thiophene rings is 1. The minimum Gasteiger partial charge on any atom is -0.462 e. The lowest BCUT2D eigenvalue weighted by Crippen LogP contribution is -2.07. The maximum atomic E-state index is 11.7. The summed E-state index contributed by atoms with van der Waals surface area (Å²) >= 11 is 1.69. The van der Waals surface area contributed by atoms with Crippen molar-refractivity contribution in [2.45, 2.75) is 26.3 Å². The van der Waals surface area contributed by atoms with Crippen molar-refractivity contribution in [2.75, 3.05) is 11.9 Å². The van der Waals surface area contributed by atoms with Gasteiger partial charge in [-0.3, -0.25) is 0 Å². The zero-order valence-electron chi connectivity index (χ0n) is 11.8. The lowest BCUT2D eigenvalue weighted by molar-refractivity contribution is 0.0505. The summed E-state index contributed by atoms with van der Waals surface area (Å²) in [6, 6.07) is 9.76. The van der Waals surface area contributed by atoms with Crippen molar-refractivity contribution in [1.29, 1.82) is 0 Å². The predicted molar refractivity (Wildman–Crippen MR) is 83.4 cm³/mol. The second kappa shape index (κ2) is 7.10. The van der Waals surface area contributed by atoms with Crippen LogP contribution in [0.5, 0.6) is 0 Å². The van der Waals surface area contributed by atoms with Crippen molar-refractivity contribution in [3.05, 3.63) is 52.2 Å². The molecule has 1 aromatic heterocycles. The molecule has 0 saturated carbocycles. The second-order valence-electron chi connectivity index (χ2n) is 4.64. The molecule has 0 aliphatic carbocycles. The number of nitrogens with one attached hydrogen (secondary N) is 1. The predicted octanol–water partition coefficient (Wildman–Crippen LogP) is 4.49. The Morgan fingerprint density at radius 3 is 2.65 bits per heavy atom. The summed E-state index contributed by atoms with van der Waals surface area (Å²) in [6.45, 7) is 4.56. The summed E-state index contributed by atoms with van der Waals surface area (Å²) in [5, 5.41) is 7.61. The Kier molecular flexibility index (Phi) is 5.18. The maximum absolute atomic E-state index is 11.7. The molecule has 4 heteroatoms. The van der Waals surface area contributed by atoms with E-state index in [9.17, 15) is 4.79 Å². The summed E-state index contributed by atoms with van der Waals surface area (Å²) in [4.78, 5) is 11.7. The molecule has 0 radical (unpaired) electrons. The number of hydrogen-bond acceptors (Lipinski definition) is 4. The standard InChI is InChI=1S/C16H19NO2S/c1-3-9-19-16(18)13-4-6-15(7-5-13)17-12(2)14-8-10-20-11-14/h4-8,10-12,17H,3,9H2,1-2H3. The molecule has 0 aliphatic rings. The number of hydrogen-bond donors (Lipinski definition) is 1. The topological polar surface area (TPSA) is 38.3 Å². The number of esters is 1. The monoisotopic (exact) mass is 289 g/mol. The van der Waals surface area contributed by atoms with Gasteiger partial charge in [-0.2, -0.15) is 11.3 Å². The molecular weight excluding hydrogens is 270 g/mol. The first-order valence-electron chi connectivity index (χ1n) is 6.76. The van der Waals surface area contributed by atoms with Crippen LogP contribution < -0.4 is 5.32 Å². The molecule has 3 nitrogen and oxygen atoms in total. The number of ether oxygens (including phenoxy) is 1. The van der Waals surface area contributed by atoms with Gasteiger partial charge >= 0.3 is 5.97 Å². The van der Waals surface area contributed by atoms with Crippen LogP contribution in [0.2, 0.25) is 0 Å². The van der Waals surface area contributed by atoms with E-state index in [0.29, 0.717) is 12.2 Å². The van der Waals surface area contributed by atoms with E-state index in [4.69, 9.17) is 4.74 Å². The highest BCUT2D eigenvalue weighted by molar-refractivity contribution is 7.07. The Morgan fingerprint density at radius 2 is 2.05 bits per heavy atom. The van der Waals surface area contributed by atoms with Gasteiger partial charge in [-0.25, -0.2) is 4.79 Å². The van der Waals surface area contributed by atoms with Crippen LogP contribution in [-0.4, -0.2) is 12.6 Å².